The Kier molecular flexibility index (Phi) is 5.71. The van der Waals surface area contributed by atoms with Gasteiger partial charge >= 0.3 is 0 Å². The molecule has 18 heavy (non-hydrogen) atoms. The molecule has 1 aromatic heterocycles. The van der Waals surface area contributed by atoms with E-state index in [9.17, 15) is 10.1 Å². The van der Waals surface area contributed by atoms with Crippen LogP contribution in [0.1, 0.15) is 32.9 Å². The van der Waals surface area contributed by atoms with Crippen LogP contribution in [0.4, 0.5) is 5.69 Å². The molecule has 0 amide bonds. The van der Waals surface area contributed by atoms with E-state index in [4.69, 9.17) is 0 Å². The summed E-state index contributed by atoms with van der Waals surface area (Å²) in [6, 6.07) is 3.63. The van der Waals surface area contributed by atoms with Crippen LogP contribution in [0.25, 0.3) is 0 Å². The van der Waals surface area contributed by atoms with E-state index < -0.39 is 4.92 Å². The molecule has 1 aromatic rings. The lowest BCUT2D eigenvalue weighted by atomic mass is 9.99. The van der Waals surface area contributed by atoms with Gasteiger partial charge in [-0.3, -0.25) is 15.1 Å². The summed E-state index contributed by atoms with van der Waals surface area (Å²) < 4.78 is 0. The van der Waals surface area contributed by atoms with Gasteiger partial charge in [-0.15, -0.1) is 0 Å². The van der Waals surface area contributed by atoms with Crippen LogP contribution in [0.2, 0.25) is 0 Å². The number of nitro groups is 1. The molecule has 0 aliphatic carbocycles. The molecule has 1 N–H and O–H groups in total. The molecule has 0 saturated carbocycles. The van der Waals surface area contributed by atoms with Crippen LogP contribution >= 0.6 is 0 Å². The first-order valence-electron chi connectivity index (χ1n) is 6.35. The lowest BCUT2D eigenvalue weighted by molar-refractivity contribution is -0.385. The average Bonchev–Trinajstić information content (AvgIpc) is 2.29. The van der Waals surface area contributed by atoms with Crippen LogP contribution in [-0.4, -0.2) is 22.5 Å². The van der Waals surface area contributed by atoms with Crippen molar-refractivity contribution in [1.82, 2.24) is 10.3 Å². The van der Waals surface area contributed by atoms with Crippen molar-refractivity contribution in [2.24, 2.45) is 5.92 Å². The van der Waals surface area contributed by atoms with E-state index in [1.54, 1.807) is 6.07 Å². The summed E-state index contributed by atoms with van der Waals surface area (Å²) in [6.07, 6.45) is 3.21. The van der Waals surface area contributed by atoms with Crippen molar-refractivity contribution < 1.29 is 4.92 Å². The summed E-state index contributed by atoms with van der Waals surface area (Å²) in [5.41, 5.74) is 0.940. The third-order valence-corrected chi connectivity index (χ3v) is 2.72. The zero-order valence-electron chi connectivity index (χ0n) is 11.2. The van der Waals surface area contributed by atoms with Gasteiger partial charge in [0.25, 0.3) is 5.69 Å². The quantitative estimate of drug-likeness (QED) is 0.597. The molecule has 0 fully saturated rings. The third kappa shape index (κ3) is 4.79. The molecule has 5 nitrogen and oxygen atoms in total. The lowest BCUT2D eigenvalue weighted by Crippen LogP contribution is -2.32. The SMILES string of the molecule is CCNC(Cc1ccc([N+](=O)[O-])cn1)CC(C)C. The van der Waals surface area contributed by atoms with Gasteiger partial charge in [0, 0.05) is 24.2 Å². The van der Waals surface area contributed by atoms with Gasteiger partial charge < -0.3 is 5.32 Å². The summed E-state index contributed by atoms with van der Waals surface area (Å²) in [7, 11) is 0. The topological polar surface area (TPSA) is 68.1 Å². The summed E-state index contributed by atoms with van der Waals surface area (Å²) in [5.74, 6) is 0.618. The maximum atomic E-state index is 10.5. The second kappa shape index (κ2) is 7.06. The van der Waals surface area contributed by atoms with Gasteiger partial charge in [-0.05, 0) is 24.9 Å². The van der Waals surface area contributed by atoms with E-state index in [0.717, 1.165) is 25.1 Å². The molecule has 1 heterocycles. The van der Waals surface area contributed by atoms with E-state index in [0.29, 0.717) is 12.0 Å². The Hall–Kier alpha value is -1.49. The fraction of sp³-hybridized carbons (Fsp3) is 0.615. The smallest absolute Gasteiger partial charge is 0.287 e. The van der Waals surface area contributed by atoms with Crippen molar-refractivity contribution in [1.29, 1.82) is 0 Å². The van der Waals surface area contributed by atoms with Gasteiger partial charge in [0.1, 0.15) is 6.20 Å². The summed E-state index contributed by atoms with van der Waals surface area (Å²) in [6.45, 7) is 7.38. The van der Waals surface area contributed by atoms with Crippen LogP contribution in [0.3, 0.4) is 0 Å². The first kappa shape index (κ1) is 14.6. The Morgan fingerprint density at radius 3 is 2.61 bits per heavy atom. The molecule has 0 aliphatic rings. The molecule has 0 aromatic carbocycles. The van der Waals surface area contributed by atoms with E-state index in [2.05, 4.69) is 31.1 Å². The average molecular weight is 251 g/mol. The van der Waals surface area contributed by atoms with E-state index in [1.165, 1.54) is 12.3 Å². The van der Waals surface area contributed by atoms with Crippen LogP contribution in [0.15, 0.2) is 18.3 Å². The molecular formula is C13H21N3O2. The van der Waals surface area contributed by atoms with Gasteiger partial charge in [-0.1, -0.05) is 20.8 Å². The Labute approximate surface area is 108 Å². The van der Waals surface area contributed by atoms with Crippen molar-refractivity contribution in [3.05, 3.63) is 34.1 Å². The third-order valence-electron chi connectivity index (χ3n) is 2.72. The molecule has 0 radical (unpaired) electrons. The van der Waals surface area contributed by atoms with Gasteiger partial charge in [-0.25, -0.2) is 0 Å². The first-order valence-corrected chi connectivity index (χ1v) is 6.35. The summed E-state index contributed by atoms with van der Waals surface area (Å²) in [4.78, 5) is 14.3. The number of nitrogens with one attached hydrogen (secondary N) is 1. The van der Waals surface area contributed by atoms with Crippen molar-refractivity contribution in [3.63, 3.8) is 0 Å². The Bertz CT molecular complexity index is 376. The molecule has 0 spiro atoms. The minimum absolute atomic E-state index is 0.0441. The highest BCUT2D eigenvalue weighted by molar-refractivity contribution is 5.26. The van der Waals surface area contributed by atoms with Crippen molar-refractivity contribution >= 4 is 5.69 Å². The monoisotopic (exact) mass is 251 g/mol. The maximum Gasteiger partial charge on any atom is 0.287 e. The zero-order chi connectivity index (χ0) is 13.5. The number of hydrogen-bond acceptors (Lipinski definition) is 4. The normalized spacial score (nSPS) is 12.7. The predicted molar refractivity (Wildman–Crippen MR) is 71.5 cm³/mol. The molecule has 1 atom stereocenters. The van der Waals surface area contributed by atoms with Crippen LogP contribution in [0, 0.1) is 16.0 Å². The highest BCUT2D eigenvalue weighted by Gasteiger charge is 2.12. The number of nitrogens with zero attached hydrogens (tertiary/aromatic N) is 2. The Balaban J connectivity index is 2.65. The molecule has 100 valence electrons. The van der Waals surface area contributed by atoms with Crippen LogP contribution in [-0.2, 0) is 6.42 Å². The minimum Gasteiger partial charge on any atom is -0.314 e. The molecule has 0 aliphatic heterocycles. The van der Waals surface area contributed by atoms with Crippen molar-refractivity contribution in [2.45, 2.75) is 39.7 Å². The molecule has 1 rings (SSSR count). The maximum absolute atomic E-state index is 10.5. The fourth-order valence-corrected chi connectivity index (χ4v) is 1.99. The van der Waals surface area contributed by atoms with Crippen molar-refractivity contribution in [3.8, 4) is 0 Å². The van der Waals surface area contributed by atoms with Gasteiger partial charge in [0.05, 0.1) is 4.92 Å². The highest BCUT2D eigenvalue weighted by Crippen LogP contribution is 2.13. The van der Waals surface area contributed by atoms with E-state index in [-0.39, 0.29) is 5.69 Å². The standard InChI is InChI=1S/C13H21N3O2/c1-4-14-12(7-10(2)3)8-11-5-6-13(9-15-11)16(17)18/h5-6,9-10,12,14H,4,7-8H2,1-3H3. The highest BCUT2D eigenvalue weighted by atomic mass is 16.6. The molecule has 0 saturated heterocycles. The molecule has 0 bridgehead atoms. The number of likely N-dealkylation sites (N-methyl/N-ethyl adjacent to an activating group) is 1. The molecular weight excluding hydrogens is 230 g/mol. The molecule has 1 unspecified atom stereocenters. The largest absolute Gasteiger partial charge is 0.314 e. The summed E-state index contributed by atoms with van der Waals surface area (Å²) >= 11 is 0. The molecule has 5 heteroatoms. The van der Waals surface area contributed by atoms with Gasteiger partial charge in [-0.2, -0.15) is 0 Å². The van der Waals surface area contributed by atoms with Gasteiger partial charge in [0.15, 0.2) is 0 Å². The minimum atomic E-state index is -0.424. The van der Waals surface area contributed by atoms with Crippen LogP contribution in [0.5, 0.6) is 0 Å². The number of aromatic nitrogens is 1. The number of hydrogen-bond donors (Lipinski definition) is 1. The van der Waals surface area contributed by atoms with Crippen LogP contribution < -0.4 is 5.32 Å². The van der Waals surface area contributed by atoms with E-state index in [1.807, 2.05) is 0 Å². The number of rotatable bonds is 7. The van der Waals surface area contributed by atoms with Crippen molar-refractivity contribution in [2.75, 3.05) is 6.54 Å². The lowest BCUT2D eigenvalue weighted by Gasteiger charge is -2.19. The van der Waals surface area contributed by atoms with E-state index >= 15 is 0 Å². The fourth-order valence-electron chi connectivity index (χ4n) is 1.99. The Morgan fingerprint density at radius 1 is 1.44 bits per heavy atom. The zero-order valence-corrected chi connectivity index (χ0v) is 11.2. The predicted octanol–water partition coefficient (Wildman–Crippen LogP) is 2.56. The second-order valence-electron chi connectivity index (χ2n) is 4.85. The van der Waals surface area contributed by atoms with Gasteiger partial charge in [0.2, 0.25) is 0 Å². The Morgan fingerprint density at radius 2 is 2.17 bits per heavy atom. The first-order chi connectivity index (χ1) is 8.52. The second-order valence-corrected chi connectivity index (χ2v) is 4.85. The summed E-state index contributed by atoms with van der Waals surface area (Å²) in [5, 5.41) is 14.0. The number of pyridine rings is 1.